The van der Waals surface area contributed by atoms with Crippen LogP contribution in [0.1, 0.15) is 0 Å². The third kappa shape index (κ3) is 2.24. The molecular weight excluding hydrogens is 323 g/mol. The lowest BCUT2D eigenvalue weighted by Gasteiger charge is -2.08. The predicted octanol–water partition coefficient (Wildman–Crippen LogP) is 4.09. The second-order valence-electron chi connectivity index (χ2n) is 6.45. The van der Waals surface area contributed by atoms with E-state index in [2.05, 4.69) is 30.3 Å². The highest BCUT2D eigenvalue weighted by Crippen LogP contribution is 2.40. The first-order chi connectivity index (χ1) is 12.7. The van der Waals surface area contributed by atoms with Crippen molar-refractivity contribution in [2.24, 2.45) is 0 Å². The smallest absolute Gasteiger partial charge is 0.455 e. The maximum absolute atomic E-state index is 9.46. The fourth-order valence-electron chi connectivity index (χ4n) is 3.64. The number of hydrogen-bond donors (Lipinski definition) is 2. The van der Waals surface area contributed by atoms with Gasteiger partial charge in [0.25, 0.3) is 0 Å². The molecule has 0 atom stereocenters. The molecule has 5 rings (SSSR count). The fraction of sp³-hybridized carbons (Fsp3) is 0. The van der Waals surface area contributed by atoms with Crippen LogP contribution in [0.15, 0.2) is 83.3 Å². The van der Waals surface area contributed by atoms with Crippen molar-refractivity contribution in [1.29, 1.82) is 0 Å². The number of fused-ring (bicyclic) bond motifs is 4. The fourth-order valence-corrected chi connectivity index (χ4v) is 3.64. The quantitative estimate of drug-likeness (QED) is 0.477. The van der Waals surface area contributed by atoms with Gasteiger partial charge >= 0.3 is 7.12 Å². The van der Waals surface area contributed by atoms with E-state index in [-0.39, 0.29) is 0 Å². The van der Waals surface area contributed by atoms with E-state index in [0.29, 0.717) is 11.0 Å². The van der Waals surface area contributed by atoms with Crippen molar-refractivity contribution in [3.8, 4) is 11.1 Å². The van der Waals surface area contributed by atoms with Crippen molar-refractivity contribution in [1.82, 2.24) is 0 Å². The van der Waals surface area contributed by atoms with Crippen LogP contribution < -0.4 is 5.46 Å². The SMILES string of the molecule is OB(O)c1ccc2c(c1)oc1c(-c3ccccc3)c3ccccc3cc12. The maximum Gasteiger partial charge on any atom is 0.488 e. The van der Waals surface area contributed by atoms with Crippen LogP contribution in [-0.4, -0.2) is 17.2 Å². The first-order valence-electron chi connectivity index (χ1n) is 8.52. The number of furan rings is 1. The van der Waals surface area contributed by atoms with Crippen LogP contribution in [0, 0.1) is 0 Å². The van der Waals surface area contributed by atoms with Crippen LogP contribution in [0.2, 0.25) is 0 Å². The summed E-state index contributed by atoms with van der Waals surface area (Å²) < 4.78 is 6.21. The third-order valence-corrected chi connectivity index (χ3v) is 4.87. The second kappa shape index (κ2) is 5.73. The minimum Gasteiger partial charge on any atom is -0.455 e. The van der Waals surface area contributed by atoms with Crippen molar-refractivity contribution >= 4 is 45.3 Å². The zero-order chi connectivity index (χ0) is 17.7. The molecule has 4 heteroatoms. The topological polar surface area (TPSA) is 53.6 Å². The number of hydrogen-bond acceptors (Lipinski definition) is 3. The van der Waals surface area contributed by atoms with Crippen molar-refractivity contribution in [3.05, 3.63) is 78.9 Å². The van der Waals surface area contributed by atoms with Gasteiger partial charge in [0.05, 0.1) is 0 Å². The van der Waals surface area contributed by atoms with E-state index in [1.165, 1.54) is 0 Å². The highest BCUT2D eigenvalue weighted by molar-refractivity contribution is 6.59. The molecule has 0 fully saturated rings. The molecule has 1 aromatic heterocycles. The highest BCUT2D eigenvalue weighted by atomic mass is 16.4. The molecular formula is C22H15BO3. The van der Waals surface area contributed by atoms with Gasteiger partial charge in [-0.2, -0.15) is 0 Å². The summed E-state index contributed by atoms with van der Waals surface area (Å²) in [5.41, 5.74) is 4.03. The van der Waals surface area contributed by atoms with Crippen LogP contribution in [-0.2, 0) is 0 Å². The summed E-state index contributed by atoms with van der Waals surface area (Å²) in [5, 5.41) is 23.2. The van der Waals surface area contributed by atoms with E-state index in [0.717, 1.165) is 38.3 Å². The Balaban J connectivity index is 1.96. The minimum absolute atomic E-state index is 0.419. The van der Waals surface area contributed by atoms with Crippen LogP contribution in [0.3, 0.4) is 0 Å². The normalized spacial score (nSPS) is 11.5. The Bertz CT molecular complexity index is 1260. The van der Waals surface area contributed by atoms with Crippen molar-refractivity contribution in [3.63, 3.8) is 0 Å². The Kier molecular flexibility index (Phi) is 3.35. The molecule has 0 amide bonds. The maximum atomic E-state index is 9.46. The molecule has 5 aromatic rings. The standard InChI is InChI=1S/C22H15BO3/c24-23(25)16-10-11-18-19-12-15-8-4-5-9-17(15)21(14-6-2-1-3-7-14)22(19)26-20(18)13-16/h1-13,24-25H. The Labute approximate surface area is 150 Å². The van der Waals surface area contributed by atoms with E-state index >= 15 is 0 Å². The van der Waals surface area contributed by atoms with Gasteiger partial charge in [-0.1, -0.05) is 66.7 Å². The van der Waals surface area contributed by atoms with E-state index in [4.69, 9.17) is 4.42 Å². The monoisotopic (exact) mass is 338 g/mol. The van der Waals surface area contributed by atoms with Crippen molar-refractivity contribution in [2.75, 3.05) is 0 Å². The van der Waals surface area contributed by atoms with Gasteiger partial charge in [-0.3, -0.25) is 0 Å². The molecule has 26 heavy (non-hydrogen) atoms. The molecule has 0 aliphatic carbocycles. The Morgan fingerprint density at radius 2 is 1.46 bits per heavy atom. The van der Waals surface area contributed by atoms with E-state index in [1.54, 1.807) is 12.1 Å². The summed E-state index contributed by atoms with van der Waals surface area (Å²) in [6, 6.07) is 25.9. The summed E-state index contributed by atoms with van der Waals surface area (Å²) >= 11 is 0. The average molecular weight is 338 g/mol. The van der Waals surface area contributed by atoms with E-state index in [1.807, 2.05) is 36.4 Å². The lowest BCUT2D eigenvalue weighted by atomic mass is 9.80. The molecule has 1 heterocycles. The first-order valence-corrected chi connectivity index (χ1v) is 8.52. The summed E-state index contributed by atoms with van der Waals surface area (Å²) in [6.45, 7) is 0. The molecule has 0 aliphatic heterocycles. The lowest BCUT2D eigenvalue weighted by molar-refractivity contribution is 0.425. The molecule has 124 valence electrons. The molecule has 0 radical (unpaired) electrons. The van der Waals surface area contributed by atoms with E-state index < -0.39 is 7.12 Å². The minimum atomic E-state index is -1.51. The summed E-state index contributed by atoms with van der Waals surface area (Å²) in [7, 11) is -1.51. The molecule has 0 spiro atoms. The Hall–Kier alpha value is -3.08. The zero-order valence-electron chi connectivity index (χ0n) is 13.9. The van der Waals surface area contributed by atoms with Gasteiger partial charge < -0.3 is 14.5 Å². The molecule has 0 saturated carbocycles. The van der Waals surface area contributed by atoms with Gasteiger partial charge in [-0.15, -0.1) is 0 Å². The van der Waals surface area contributed by atoms with Gasteiger partial charge in [-0.05, 0) is 33.9 Å². The Morgan fingerprint density at radius 3 is 2.27 bits per heavy atom. The summed E-state index contributed by atoms with van der Waals surface area (Å²) in [5.74, 6) is 0. The van der Waals surface area contributed by atoms with Crippen molar-refractivity contribution in [2.45, 2.75) is 0 Å². The van der Waals surface area contributed by atoms with Gasteiger partial charge in [-0.25, -0.2) is 0 Å². The molecule has 3 nitrogen and oxygen atoms in total. The molecule has 2 N–H and O–H groups in total. The van der Waals surface area contributed by atoms with Crippen molar-refractivity contribution < 1.29 is 14.5 Å². The number of benzene rings is 4. The molecule has 0 saturated heterocycles. The Morgan fingerprint density at radius 1 is 0.692 bits per heavy atom. The van der Waals surface area contributed by atoms with Crippen LogP contribution in [0.5, 0.6) is 0 Å². The highest BCUT2D eigenvalue weighted by Gasteiger charge is 2.18. The lowest BCUT2D eigenvalue weighted by Crippen LogP contribution is -2.29. The molecule has 4 aromatic carbocycles. The first kappa shape index (κ1) is 15.2. The molecule has 0 aliphatic rings. The van der Waals surface area contributed by atoms with Crippen LogP contribution in [0.4, 0.5) is 0 Å². The van der Waals surface area contributed by atoms with Gasteiger partial charge in [0.1, 0.15) is 11.2 Å². The number of rotatable bonds is 2. The second-order valence-corrected chi connectivity index (χ2v) is 6.45. The van der Waals surface area contributed by atoms with Gasteiger partial charge in [0.15, 0.2) is 0 Å². The van der Waals surface area contributed by atoms with Gasteiger partial charge in [0, 0.05) is 16.3 Å². The van der Waals surface area contributed by atoms with Gasteiger partial charge in [0.2, 0.25) is 0 Å². The van der Waals surface area contributed by atoms with Crippen LogP contribution >= 0.6 is 0 Å². The summed E-state index contributed by atoms with van der Waals surface area (Å²) in [6.07, 6.45) is 0. The van der Waals surface area contributed by atoms with E-state index in [9.17, 15) is 10.0 Å². The third-order valence-electron chi connectivity index (χ3n) is 4.87. The largest absolute Gasteiger partial charge is 0.488 e. The molecule has 0 bridgehead atoms. The summed E-state index contributed by atoms with van der Waals surface area (Å²) in [4.78, 5) is 0. The molecule has 0 unspecified atom stereocenters. The van der Waals surface area contributed by atoms with Crippen LogP contribution in [0.25, 0.3) is 43.8 Å². The average Bonchev–Trinajstić information content (AvgIpc) is 3.04. The predicted molar refractivity (Wildman–Crippen MR) is 106 cm³/mol. The zero-order valence-corrected chi connectivity index (χ0v) is 13.9.